The number of halogens is 1. The average molecular weight is 532 g/mol. The van der Waals surface area contributed by atoms with Crippen molar-refractivity contribution in [2.45, 2.75) is 73.0 Å². The third kappa shape index (κ3) is 16.2. The Bertz CT molecular complexity index is 918. The molecule has 2 N–H and O–H groups in total. The molecule has 0 aliphatic carbocycles. The first-order valence-corrected chi connectivity index (χ1v) is 14.0. The summed E-state index contributed by atoms with van der Waals surface area (Å²) in [6.07, 6.45) is 9.72. The fraction of sp³-hybridized carbons (Fsp3) is 0.533. The Morgan fingerprint density at radius 3 is 2.35 bits per heavy atom. The molecule has 7 heteroatoms. The second-order valence-electron chi connectivity index (χ2n) is 9.39. The monoisotopic (exact) mass is 531 g/mol. The number of alkyl halides is 1. The number of hydrogen-bond acceptors (Lipinski definition) is 6. The molecule has 208 valence electrons. The topological polar surface area (TPSA) is 52.5 Å². The van der Waals surface area contributed by atoms with Gasteiger partial charge in [-0.3, -0.25) is 4.99 Å². The Morgan fingerprint density at radius 1 is 1.19 bits per heavy atom. The van der Waals surface area contributed by atoms with Crippen LogP contribution in [0.4, 0.5) is 20.8 Å². The van der Waals surface area contributed by atoms with Crippen LogP contribution in [0.3, 0.4) is 0 Å². The Hall–Kier alpha value is -2.35. The molecule has 0 saturated carbocycles. The normalized spacial score (nSPS) is 13.0. The number of para-hydroxylation sites is 2. The maximum absolute atomic E-state index is 12.4. The van der Waals surface area contributed by atoms with Crippen molar-refractivity contribution in [3.8, 4) is 0 Å². The molecule has 2 heterocycles. The SMILES string of the molecule is C=CC(C)C.CCC.CNCC(CC/C=C/C(C)F)N(C)C.Cc1nc2c(s1)Nc1ccccc1N=C2. The van der Waals surface area contributed by atoms with E-state index in [-0.39, 0.29) is 0 Å². The zero-order chi connectivity index (χ0) is 28.2. The van der Waals surface area contributed by atoms with Crippen LogP contribution in [0.15, 0.2) is 54.1 Å². The van der Waals surface area contributed by atoms with E-state index in [1.165, 1.54) is 6.42 Å². The van der Waals surface area contributed by atoms with E-state index in [1.54, 1.807) is 24.3 Å². The predicted molar refractivity (Wildman–Crippen MR) is 165 cm³/mol. The Balaban J connectivity index is 0.000000548. The first-order chi connectivity index (χ1) is 17.6. The number of thiazole rings is 1. The molecule has 1 aromatic heterocycles. The largest absolute Gasteiger partial charge is 0.344 e. The van der Waals surface area contributed by atoms with Gasteiger partial charge in [-0.15, -0.1) is 17.9 Å². The third-order valence-corrected chi connectivity index (χ3v) is 5.85. The first kappa shape index (κ1) is 34.6. The van der Waals surface area contributed by atoms with Gasteiger partial charge < -0.3 is 15.5 Å². The average Bonchev–Trinajstić information content (AvgIpc) is 3.10. The van der Waals surface area contributed by atoms with Crippen molar-refractivity contribution in [1.82, 2.24) is 15.2 Å². The van der Waals surface area contributed by atoms with Crippen LogP contribution in [0.2, 0.25) is 0 Å². The number of aliphatic imine (C=N–C) groups is 1. The predicted octanol–water partition coefficient (Wildman–Crippen LogP) is 8.33. The molecule has 2 aromatic rings. The minimum atomic E-state index is -0.822. The van der Waals surface area contributed by atoms with Crippen LogP contribution >= 0.6 is 11.3 Å². The summed E-state index contributed by atoms with van der Waals surface area (Å²) in [5.41, 5.74) is 2.92. The van der Waals surface area contributed by atoms with Crippen LogP contribution in [-0.4, -0.2) is 56.0 Å². The molecule has 3 rings (SSSR count). The number of benzene rings is 1. The van der Waals surface area contributed by atoms with Gasteiger partial charge in [0.15, 0.2) is 0 Å². The highest BCUT2D eigenvalue weighted by Crippen LogP contribution is 2.34. The van der Waals surface area contributed by atoms with E-state index in [0.29, 0.717) is 12.0 Å². The minimum Gasteiger partial charge on any atom is -0.344 e. The molecule has 2 unspecified atom stereocenters. The zero-order valence-corrected chi connectivity index (χ0v) is 25.3. The molecule has 0 bridgehead atoms. The highest BCUT2D eigenvalue weighted by molar-refractivity contribution is 7.16. The van der Waals surface area contributed by atoms with Gasteiger partial charge in [-0.1, -0.05) is 64.5 Å². The lowest BCUT2D eigenvalue weighted by Crippen LogP contribution is -2.36. The van der Waals surface area contributed by atoms with Crippen molar-refractivity contribution >= 4 is 33.9 Å². The molecule has 0 fully saturated rings. The van der Waals surface area contributed by atoms with Crippen LogP contribution in [-0.2, 0) is 0 Å². The molecule has 1 aromatic carbocycles. The number of anilines is 2. The van der Waals surface area contributed by atoms with E-state index in [0.717, 1.165) is 46.5 Å². The van der Waals surface area contributed by atoms with E-state index in [1.807, 2.05) is 56.6 Å². The molecular formula is C30H50FN5S. The Labute approximate surface area is 230 Å². The van der Waals surface area contributed by atoms with Gasteiger partial charge in [0.2, 0.25) is 0 Å². The van der Waals surface area contributed by atoms with E-state index in [9.17, 15) is 4.39 Å². The molecule has 37 heavy (non-hydrogen) atoms. The van der Waals surface area contributed by atoms with Crippen molar-refractivity contribution in [3.05, 3.63) is 59.8 Å². The number of nitrogens with one attached hydrogen (secondary N) is 2. The van der Waals surface area contributed by atoms with E-state index >= 15 is 0 Å². The summed E-state index contributed by atoms with van der Waals surface area (Å²) in [6.45, 7) is 16.5. The van der Waals surface area contributed by atoms with Gasteiger partial charge in [-0.05, 0) is 65.9 Å². The molecule has 0 saturated heterocycles. The molecule has 1 aliphatic heterocycles. The van der Waals surface area contributed by atoms with E-state index in [2.05, 4.69) is 73.9 Å². The van der Waals surface area contributed by atoms with E-state index in [4.69, 9.17) is 0 Å². The molecule has 1 aliphatic rings. The first-order valence-electron chi connectivity index (χ1n) is 13.2. The van der Waals surface area contributed by atoms with Crippen LogP contribution in [0.5, 0.6) is 0 Å². The van der Waals surface area contributed by atoms with E-state index < -0.39 is 6.17 Å². The van der Waals surface area contributed by atoms with Crippen molar-refractivity contribution in [3.63, 3.8) is 0 Å². The summed E-state index contributed by atoms with van der Waals surface area (Å²) >= 11 is 1.65. The number of hydrogen-bond donors (Lipinski definition) is 2. The number of rotatable bonds is 8. The second kappa shape index (κ2) is 20.7. The molecule has 5 nitrogen and oxygen atoms in total. The van der Waals surface area contributed by atoms with Crippen molar-refractivity contribution in [2.24, 2.45) is 10.9 Å². The highest BCUT2D eigenvalue weighted by Gasteiger charge is 2.12. The van der Waals surface area contributed by atoms with Crippen molar-refractivity contribution in [1.29, 1.82) is 0 Å². The van der Waals surface area contributed by atoms with Crippen LogP contribution in [0.25, 0.3) is 0 Å². The zero-order valence-electron chi connectivity index (χ0n) is 24.5. The van der Waals surface area contributed by atoms with Gasteiger partial charge in [0.05, 0.1) is 22.6 Å². The van der Waals surface area contributed by atoms with Crippen LogP contribution in [0, 0.1) is 12.8 Å². The fourth-order valence-corrected chi connectivity index (χ4v) is 3.72. The van der Waals surface area contributed by atoms with Gasteiger partial charge in [-0.2, -0.15) is 0 Å². The Kier molecular flexibility index (Phi) is 19.4. The number of likely N-dealkylation sites (N-methyl/N-ethyl adjacent to an activating group) is 2. The Morgan fingerprint density at radius 2 is 1.81 bits per heavy atom. The summed E-state index contributed by atoms with van der Waals surface area (Å²) in [5, 5.41) is 8.64. The molecule has 0 spiro atoms. The van der Waals surface area contributed by atoms with Crippen molar-refractivity contribution in [2.75, 3.05) is 33.0 Å². The minimum absolute atomic E-state index is 0.527. The number of allylic oxidation sites excluding steroid dienone is 3. The number of aryl methyl sites for hydroxylation is 1. The molecule has 0 radical (unpaired) electrons. The summed E-state index contributed by atoms with van der Waals surface area (Å²) in [6, 6.07) is 8.52. The summed E-state index contributed by atoms with van der Waals surface area (Å²) in [4.78, 5) is 11.0. The second-order valence-corrected chi connectivity index (χ2v) is 10.6. The number of nitrogens with zero attached hydrogens (tertiary/aromatic N) is 3. The lowest BCUT2D eigenvalue weighted by atomic mass is 10.1. The lowest BCUT2D eigenvalue weighted by molar-refractivity contribution is 0.275. The summed E-state index contributed by atoms with van der Waals surface area (Å²) < 4.78 is 12.4. The van der Waals surface area contributed by atoms with Gasteiger partial charge in [-0.25, -0.2) is 9.37 Å². The number of aromatic nitrogens is 1. The third-order valence-electron chi connectivity index (χ3n) is 4.95. The number of fused-ring (bicyclic) bond motifs is 2. The fourth-order valence-electron chi connectivity index (χ4n) is 2.92. The maximum atomic E-state index is 12.4. The van der Waals surface area contributed by atoms with Gasteiger partial charge in [0, 0.05) is 12.6 Å². The standard InChI is InChI=1S/C11H23FN2.C11H9N3S.C5H10.C3H8/c1-10(12)7-5-6-8-11(9-13-2)14(3)4;1-7-13-10-6-12-8-4-2-3-5-9(8)14-11(10)15-7;1-4-5(2)3;1-3-2/h5,7,10-11,13H,6,8-9H2,1-4H3;2-6,14H,1H3;4-5H,1H2,2-3H3;3H2,1-2H3/b7-5+;;;. The molecular weight excluding hydrogens is 481 g/mol. The maximum Gasteiger partial charge on any atom is 0.122 e. The quantitative estimate of drug-likeness (QED) is 0.287. The van der Waals surface area contributed by atoms with Gasteiger partial charge in [0.25, 0.3) is 0 Å². The highest BCUT2D eigenvalue weighted by atomic mass is 32.1. The molecule has 0 amide bonds. The summed E-state index contributed by atoms with van der Waals surface area (Å²) in [7, 11) is 6.10. The van der Waals surface area contributed by atoms with Gasteiger partial charge in [0.1, 0.15) is 16.9 Å². The van der Waals surface area contributed by atoms with Crippen LogP contribution < -0.4 is 10.6 Å². The van der Waals surface area contributed by atoms with Crippen LogP contribution in [0.1, 0.15) is 64.6 Å². The lowest BCUT2D eigenvalue weighted by Gasteiger charge is -2.23. The van der Waals surface area contributed by atoms with Gasteiger partial charge >= 0.3 is 0 Å². The molecule has 2 atom stereocenters. The van der Waals surface area contributed by atoms with Crippen molar-refractivity contribution < 1.29 is 4.39 Å². The summed E-state index contributed by atoms with van der Waals surface area (Å²) in [5.74, 6) is 0.648. The smallest absolute Gasteiger partial charge is 0.122 e.